The lowest BCUT2D eigenvalue weighted by Gasteiger charge is -2.18. The highest BCUT2D eigenvalue weighted by Crippen LogP contribution is 2.20. The smallest absolute Gasteiger partial charge is 0.297 e. The second-order valence-electron chi connectivity index (χ2n) is 7.75. The van der Waals surface area contributed by atoms with Crippen LogP contribution in [-0.2, 0) is 18.4 Å². The first-order valence-corrected chi connectivity index (χ1v) is 11.4. The van der Waals surface area contributed by atoms with Crippen molar-refractivity contribution in [3.8, 4) is 11.4 Å². The Morgan fingerprint density at radius 2 is 1.76 bits per heavy atom. The van der Waals surface area contributed by atoms with Crippen molar-refractivity contribution in [1.82, 2.24) is 34.5 Å². The normalized spacial score (nSPS) is 11.0. The van der Waals surface area contributed by atoms with E-state index in [4.69, 9.17) is 0 Å². The van der Waals surface area contributed by atoms with E-state index in [9.17, 15) is 9.59 Å². The first-order valence-electron chi connectivity index (χ1n) is 10.4. The molecule has 0 unspecified atom stereocenters. The number of rotatable bonds is 7. The van der Waals surface area contributed by atoms with Crippen molar-refractivity contribution in [3.63, 3.8) is 0 Å². The fourth-order valence-corrected chi connectivity index (χ4v) is 4.39. The Kier molecular flexibility index (Phi) is 6.45. The Morgan fingerprint density at radius 1 is 1.06 bits per heavy atom. The average Bonchev–Trinajstić information content (AvgIpc) is 3.35. The van der Waals surface area contributed by atoms with Crippen molar-refractivity contribution in [1.29, 1.82) is 0 Å². The molecule has 0 aliphatic carbocycles. The van der Waals surface area contributed by atoms with Crippen LogP contribution in [0.2, 0.25) is 0 Å². The van der Waals surface area contributed by atoms with Crippen molar-refractivity contribution in [2.24, 2.45) is 7.05 Å². The molecule has 33 heavy (non-hydrogen) atoms. The van der Waals surface area contributed by atoms with E-state index in [2.05, 4.69) is 15.5 Å². The summed E-state index contributed by atoms with van der Waals surface area (Å²) >= 11 is 1.21. The van der Waals surface area contributed by atoms with E-state index in [1.165, 1.54) is 16.4 Å². The number of para-hydroxylation sites is 1. The number of hydrogen-bond acceptors (Lipinski definition) is 6. The number of amides is 1. The van der Waals surface area contributed by atoms with Crippen LogP contribution < -0.4 is 5.56 Å². The van der Waals surface area contributed by atoms with Crippen molar-refractivity contribution < 1.29 is 4.79 Å². The summed E-state index contributed by atoms with van der Waals surface area (Å²) < 4.78 is 4.75. The molecule has 0 bridgehead atoms. The summed E-state index contributed by atoms with van der Waals surface area (Å²) in [5.74, 6) is 0.103. The van der Waals surface area contributed by atoms with Crippen molar-refractivity contribution >= 4 is 17.7 Å². The third kappa shape index (κ3) is 4.47. The SMILES string of the molecule is Cc1ccccc1CN(C)C(=O)CSc1nnnn1-c1c(C)n(C)n(-c2ccccc2)c1=O. The molecular weight excluding hydrogens is 438 g/mol. The second-order valence-corrected chi connectivity index (χ2v) is 8.69. The Balaban J connectivity index is 1.54. The zero-order valence-corrected chi connectivity index (χ0v) is 19.8. The van der Waals surface area contributed by atoms with Crippen LogP contribution in [-0.4, -0.2) is 53.2 Å². The monoisotopic (exact) mass is 463 g/mol. The highest BCUT2D eigenvalue weighted by Gasteiger charge is 2.22. The molecule has 2 aromatic carbocycles. The van der Waals surface area contributed by atoms with Crippen LogP contribution in [0.25, 0.3) is 11.4 Å². The Hall–Kier alpha value is -3.66. The van der Waals surface area contributed by atoms with Gasteiger partial charge in [0.1, 0.15) is 0 Å². The molecule has 0 N–H and O–H groups in total. The lowest BCUT2D eigenvalue weighted by molar-refractivity contribution is -0.127. The number of carbonyl (C=O) groups is 1. The Bertz CT molecular complexity index is 1340. The van der Waals surface area contributed by atoms with E-state index in [-0.39, 0.29) is 17.2 Å². The number of hydrogen-bond donors (Lipinski definition) is 0. The van der Waals surface area contributed by atoms with E-state index in [1.54, 1.807) is 21.3 Å². The topological polar surface area (TPSA) is 90.8 Å². The van der Waals surface area contributed by atoms with Crippen molar-refractivity contribution in [2.45, 2.75) is 25.5 Å². The van der Waals surface area contributed by atoms with Crippen LogP contribution in [0.5, 0.6) is 0 Å². The van der Waals surface area contributed by atoms with Crippen LogP contribution >= 0.6 is 11.8 Å². The molecule has 0 saturated carbocycles. The maximum Gasteiger partial charge on any atom is 0.297 e. The van der Waals surface area contributed by atoms with Crippen molar-refractivity contribution in [2.75, 3.05) is 12.8 Å². The van der Waals surface area contributed by atoms with Gasteiger partial charge in [0, 0.05) is 20.6 Å². The summed E-state index contributed by atoms with van der Waals surface area (Å²) in [5, 5.41) is 12.2. The van der Waals surface area contributed by atoms with Gasteiger partial charge in [-0.15, -0.1) is 5.10 Å². The van der Waals surface area contributed by atoms with Gasteiger partial charge in [-0.2, -0.15) is 4.68 Å². The number of carbonyl (C=O) groups excluding carboxylic acids is 1. The molecule has 170 valence electrons. The molecule has 0 aliphatic heterocycles. The molecule has 0 radical (unpaired) electrons. The molecule has 0 atom stereocenters. The zero-order valence-electron chi connectivity index (χ0n) is 19.0. The van der Waals surface area contributed by atoms with Gasteiger partial charge in [-0.05, 0) is 47.5 Å². The fourth-order valence-electron chi connectivity index (χ4n) is 3.57. The van der Waals surface area contributed by atoms with Gasteiger partial charge in [-0.3, -0.25) is 14.3 Å². The van der Waals surface area contributed by atoms with Gasteiger partial charge in [0.15, 0.2) is 5.69 Å². The van der Waals surface area contributed by atoms with Gasteiger partial charge in [-0.25, -0.2) is 4.68 Å². The third-order valence-electron chi connectivity index (χ3n) is 5.60. The summed E-state index contributed by atoms with van der Waals surface area (Å²) in [7, 11) is 3.59. The minimum absolute atomic E-state index is 0.0516. The van der Waals surface area contributed by atoms with E-state index < -0.39 is 0 Å². The summed E-state index contributed by atoms with van der Waals surface area (Å²) in [5.41, 5.74) is 3.82. The van der Waals surface area contributed by atoms with Crippen LogP contribution in [0.15, 0.2) is 64.5 Å². The van der Waals surface area contributed by atoms with Crippen molar-refractivity contribution in [3.05, 3.63) is 81.8 Å². The van der Waals surface area contributed by atoms with Gasteiger partial charge in [-0.1, -0.05) is 54.2 Å². The number of aromatic nitrogens is 6. The first-order chi connectivity index (χ1) is 15.9. The number of nitrogens with zero attached hydrogens (tertiary/aromatic N) is 7. The predicted octanol–water partition coefficient (Wildman–Crippen LogP) is 2.52. The molecule has 4 rings (SSSR count). The van der Waals surface area contributed by atoms with Crippen LogP contribution in [0.1, 0.15) is 16.8 Å². The van der Waals surface area contributed by atoms with E-state index in [0.717, 1.165) is 16.8 Å². The molecule has 0 aliphatic rings. The zero-order chi connectivity index (χ0) is 23.5. The van der Waals surface area contributed by atoms with Gasteiger partial charge in [0.05, 0.1) is 17.1 Å². The lowest BCUT2D eigenvalue weighted by Crippen LogP contribution is -2.28. The lowest BCUT2D eigenvalue weighted by atomic mass is 10.1. The highest BCUT2D eigenvalue weighted by atomic mass is 32.2. The molecule has 0 fully saturated rings. The molecule has 10 heteroatoms. The van der Waals surface area contributed by atoms with Crippen LogP contribution in [0.3, 0.4) is 0 Å². The third-order valence-corrected chi connectivity index (χ3v) is 6.50. The number of tetrazole rings is 1. The number of aryl methyl sites for hydroxylation is 1. The molecule has 0 saturated heterocycles. The van der Waals surface area contributed by atoms with E-state index in [0.29, 0.717) is 23.1 Å². The maximum absolute atomic E-state index is 13.3. The van der Waals surface area contributed by atoms with Crippen LogP contribution in [0, 0.1) is 13.8 Å². The van der Waals surface area contributed by atoms with Gasteiger partial charge in [0.25, 0.3) is 5.56 Å². The first kappa shape index (κ1) is 22.5. The Morgan fingerprint density at radius 3 is 2.48 bits per heavy atom. The number of thioether (sulfide) groups is 1. The fraction of sp³-hybridized carbons (Fsp3) is 0.261. The molecule has 9 nitrogen and oxygen atoms in total. The van der Waals surface area contributed by atoms with Gasteiger partial charge >= 0.3 is 0 Å². The number of benzene rings is 2. The average molecular weight is 464 g/mol. The van der Waals surface area contributed by atoms with Gasteiger partial charge in [0.2, 0.25) is 11.1 Å². The minimum atomic E-state index is -0.238. The summed E-state index contributed by atoms with van der Waals surface area (Å²) in [6, 6.07) is 17.4. The van der Waals surface area contributed by atoms with Crippen LogP contribution in [0.4, 0.5) is 0 Å². The largest absolute Gasteiger partial charge is 0.341 e. The molecule has 2 heterocycles. The van der Waals surface area contributed by atoms with E-state index in [1.807, 2.05) is 75.5 Å². The Labute approximate surface area is 195 Å². The second kappa shape index (κ2) is 9.45. The molecule has 2 aromatic heterocycles. The molecule has 1 amide bonds. The highest BCUT2D eigenvalue weighted by molar-refractivity contribution is 7.99. The quantitative estimate of drug-likeness (QED) is 0.391. The molecular formula is C23H25N7O2S. The molecule has 4 aromatic rings. The van der Waals surface area contributed by atoms with E-state index >= 15 is 0 Å². The summed E-state index contributed by atoms with van der Waals surface area (Å²) in [6.07, 6.45) is 0. The summed E-state index contributed by atoms with van der Waals surface area (Å²) in [6.45, 7) is 4.39. The standard InChI is InChI=1S/C23H25N7O2S/c1-16-10-8-9-11-18(16)14-27(3)20(31)15-33-23-24-25-26-29(23)21-17(2)28(4)30(22(21)32)19-12-6-5-7-13-19/h5-13H,14-15H2,1-4H3. The van der Waals surface area contributed by atoms with Gasteiger partial charge < -0.3 is 4.90 Å². The minimum Gasteiger partial charge on any atom is -0.341 e. The molecule has 0 spiro atoms. The summed E-state index contributed by atoms with van der Waals surface area (Å²) in [4.78, 5) is 27.7. The predicted molar refractivity (Wildman–Crippen MR) is 127 cm³/mol. The maximum atomic E-state index is 13.3.